The molecule has 2 heterocycles. The number of hydrogen-bond acceptors (Lipinski definition) is 5. The summed E-state index contributed by atoms with van der Waals surface area (Å²) < 4.78 is 5.24. The highest BCUT2D eigenvalue weighted by Crippen LogP contribution is 2.20. The van der Waals surface area contributed by atoms with Crippen molar-refractivity contribution < 1.29 is 9.53 Å². The summed E-state index contributed by atoms with van der Waals surface area (Å²) in [6, 6.07) is 1.89. The number of anilines is 1. The molecule has 1 aliphatic heterocycles. The minimum Gasteiger partial charge on any atom is -0.444 e. The van der Waals surface area contributed by atoms with Crippen LogP contribution in [0.4, 0.5) is 10.7 Å². The Bertz CT molecular complexity index is 499. The van der Waals surface area contributed by atoms with Crippen molar-refractivity contribution in [3.05, 3.63) is 18.0 Å². The quantitative estimate of drug-likeness (QED) is 0.924. The molecule has 2 rings (SSSR count). The van der Waals surface area contributed by atoms with Gasteiger partial charge in [-0.05, 0) is 46.1 Å². The number of aryl methyl sites for hydroxylation is 1. The van der Waals surface area contributed by atoms with Crippen molar-refractivity contribution in [2.75, 3.05) is 24.5 Å². The summed E-state index contributed by atoms with van der Waals surface area (Å²) >= 11 is 0. The maximum absolute atomic E-state index is 11.6. The Morgan fingerprint density at radius 1 is 1.52 bits per heavy atom. The fraction of sp³-hybridized carbons (Fsp3) is 0.667. The summed E-state index contributed by atoms with van der Waals surface area (Å²) in [5.74, 6) is 1.18. The van der Waals surface area contributed by atoms with Gasteiger partial charge in [-0.1, -0.05) is 0 Å². The highest BCUT2D eigenvalue weighted by Gasteiger charge is 2.25. The van der Waals surface area contributed by atoms with Crippen molar-refractivity contribution in [2.45, 2.75) is 39.7 Å². The summed E-state index contributed by atoms with van der Waals surface area (Å²) in [5.41, 5.74) is 0.511. The van der Waals surface area contributed by atoms with Crippen LogP contribution in [0.3, 0.4) is 0 Å². The third-order valence-electron chi connectivity index (χ3n) is 3.28. The third-order valence-corrected chi connectivity index (χ3v) is 3.28. The van der Waals surface area contributed by atoms with E-state index in [9.17, 15) is 4.79 Å². The molecule has 1 saturated heterocycles. The van der Waals surface area contributed by atoms with Gasteiger partial charge in [-0.3, -0.25) is 0 Å². The Balaban J connectivity index is 1.79. The smallest absolute Gasteiger partial charge is 0.407 e. The minimum absolute atomic E-state index is 0.354. The fourth-order valence-electron chi connectivity index (χ4n) is 2.31. The predicted octanol–water partition coefficient (Wildman–Crippen LogP) is 2.14. The Morgan fingerprint density at radius 2 is 2.29 bits per heavy atom. The number of carbonyl (C=O) groups excluding carboxylic acids is 1. The van der Waals surface area contributed by atoms with Crippen molar-refractivity contribution in [3.8, 4) is 0 Å². The van der Waals surface area contributed by atoms with Gasteiger partial charge in [-0.25, -0.2) is 14.8 Å². The van der Waals surface area contributed by atoms with Crippen LogP contribution in [-0.4, -0.2) is 41.3 Å². The topological polar surface area (TPSA) is 67.4 Å². The van der Waals surface area contributed by atoms with Crippen LogP contribution in [0.15, 0.2) is 12.3 Å². The zero-order valence-corrected chi connectivity index (χ0v) is 13.2. The molecule has 0 spiro atoms. The Morgan fingerprint density at radius 3 is 2.95 bits per heavy atom. The number of hydrogen-bond donors (Lipinski definition) is 1. The van der Waals surface area contributed by atoms with Gasteiger partial charge in [0.05, 0.1) is 0 Å². The van der Waals surface area contributed by atoms with E-state index < -0.39 is 5.60 Å². The lowest BCUT2D eigenvalue weighted by molar-refractivity contribution is 0.0520. The second kappa shape index (κ2) is 6.28. The SMILES string of the molecule is Cc1ccnc(N2CC[C@H](CNC(=O)OC(C)(C)C)C2)n1. The third kappa shape index (κ3) is 4.88. The second-order valence-electron chi connectivity index (χ2n) is 6.48. The maximum atomic E-state index is 11.6. The van der Waals surface area contributed by atoms with E-state index in [1.54, 1.807) is 6.20 Å². The van der Waals surface area contributed by atoms with Crippen LogP contribution in [0.25, 0.3) is 0 Å². The first-order valence-corrected chi connectivity index (χ1v) is 7.35. The van der Waals surface area contributed by atoms with Gasteiger partial charge in [-0.15, -0.1) is 0 Å². The number of amides is 1. The van der Waals surface area contributed by atoms with Crippen LogP contribution in [0.2, 0.25) is 0 Å². The Hall–Kier alpha value is -1.85. The fourth-order valence-corrected chi connectivity index (χ4v) is 2.31. The first-order valence-electron chi connectivity index (χ1n) is 7.35. The number of ether oxygens (including phenoxy) is 1. The molecule has 21 heavy (non-hydrogen) atoms. The zero-order chi connectivity index (χ0) is 15.5. The van der Waals surface area contributed by atoms with Gasteiger partial charge in [0.15, 0.2) is 0 Å². The average Bonchev–Trinajstić information content (AvgIpc) is 2.83. The molecule has 0 aromatic carbocycles. The Kier molecular flexibility index (Phi) is 4.65. The molecule has 0 aliphatic carbocycles. The highest BCUT2D eigenvalue weighted by atomic mass is 16.6. The molecule has 1 aromatic rings. The minimum atomic E-state index is -0.457. The molecule has 1 atom stereocenters. The van der Waals surface area contributed by atoms with Crippen molar-refractivity contribution in [3.63, 3.8) is 0 Å². The van der Waals surface area contributed by atoms with Gasteiger partial charge in [0.1, 0.15) is 5.60 Å². The lowest BCUT2D eigenvalue weighted by atomic mass is 10.1. The van der Waals surface area contributed by atoms with Crippen LogP contribution >= 0.6 is 0 Å². The molecule has 1 fully saturated rings. The molecule has 0 saturated carbocycles. The number of carbonyl (C=O) groups is 1. The summed E-state index contributed by atoms with van der Waals surface area (Å²) in [6.07, 6.45) is 2.45. The molecule has 0 unspecified atom stereocenters. The van der Waals surface area contributed by atoms with E-state index in [-0.39, 0.29) is 6.09 Å². The number of aromatic nitrogens is 2. The number of nitrogens with one attached hydrogen (secondary N) is 1. The summed E-state index contributed by atoms with van der Waals surface area (Å²) in [4.78, 5) is 22.5. The average molecular weight is 292 g/mol. The summed E-state index contributed by atoms with van der Waals surface area (Å²) in [7, 11) is 0. The highest BCUT2D eigenvalue weighted by molar-refractivity contribution is 5.67. The molecule has 6 heteroatoms. The first kappa shape index (κ1) is 15.5. The second-order valence-corrected chi connectivity index (χ2v) is 6.48. The molecule has 6 nitrogen and oxygen atoms in total. The van der Waals surface area contributed by atoms with Gasteiger partial charge in [0, 0.05) is 31.5 Å². The monoisotopic (exact) mass is 292 g/mol. The van der Waals surface area contributed by atoms with Gasteiger partial charge >= 0.3 is 6.09 Å². The van der Waals surface area contributed by atoms with E-state index in [1.807, 2.05) is 33.8 Å². The standard InChI is InChI=1S/C15H24N4O2/c1-11-5-7-16-13(18-11)19-8-6-12(10-19)9-17-14(20)21-15(2,3)4/h5,7,12H,6,8-10H2,1-4H3,(H,17,20)/t12-/m1/s1. The maximum Gasteiger partial charge on any atom is 0.407 e. The Labute approximate surface area is 125 Å². The van der Waals surface area contributed by atoms with Crippen LogP contribution in [0.1, 0.15) is 32.9 Å². The van der Waals surface area contributed by atoms with Gasteiger partial charge in [-0.2, -0.15) is 0 Å². The van der Waals surface area contributed by atoms with E-state index >= 15 is 0 Å². The van der Waals surface area contributed by atoms with Crippen LogP contribution < -0.4 is 10.2 Å². The van der Waals surface area contributed by atoms with Crippen molar-refractivity contribution in [1.29, 1.82) is 0 Å². The molecule has 0 bridgehead atoms. The number of rotatable bonds is 3. The molecule has 0 radical (unpaired) electrons. The molecule has 116 valence electrons. The van der Waals surface area contributed by atoms with E-state index in [1.165, 1.54) is 0 Å². The van der Waals surface area contributed by atoms with E-state index in [2.05, 4.69) is 20.2 Å². The molecular weight excluding hydrogens is 268 g/mol. The zero-order valence-electron chi connectivity index (χ0n) is 13.2. The van der Waals surface area contributed by atoms with Gasteiger partial charge < -0.3 is 15.0 Å². The summed E-state index contributed by atoms with van der Waals surface area (Å²) in [6.45, 7) is 9.94. The molecule has 1 N–H and O–H groups in total. The van der Waals surface area contributed by atoms with Crippen molar-refractivity contribution in [2.24, 2.45) is 5.92 Å². The first-order chi connectivity index (χ1) is 9.83. The largest absolute Gasteiger partial charge is 0.444 e. The molecular formula is C15H24N4O2. The van der Waals surface area contributed by atoms with E-state index in [0.29, 0.717) is 12.5 Å². The van der Waals surface area contributed by atoms with Gasteiger partial charge in [0.25, 0.3) is 0 Å². The van der Waals surface area contributed by atoms with E-state index in [0.717, 1.165) is 31.2 Å². The molecule has 1 aliphatic rings. The van der Waals surface area contributed by atoms with Crippen LogP contribution in [-0.2, 0) is 4.74 Å². The van der Waals surface area contributed by atoms with E-state index in [4.69, 9.17) is 4.74 Å². The lowest BCUT2D eigenvalue weighted by Gasteiger charge is -2.21. The van der Waals surface area contributed by atoms with Crippen molar-refractivity contribution in [1.82, 2.24) is 15.3 Å². The lowest BCUT2D eigenvalue weighted by Crippen LogP contribution is -2.36. The normalized spacial score (nSPS) is 18.7. The van der Waals surface area contributed by atoms with Gasteiger partial charge in [0.2, 0.25) is 5.95 Å². The van der Waals surface area contributed by atoms with Crippen molar-refractivity contribution >= 4 is 12.0 Å². The van der Waals surface area contributed by atoms with Crippen LogP contribution in [0.5, 0.6) is 0 Å². The summed E-state index contributed by atoms with van der Waals surface area (Å²) in [5, 5.41) is 2.84. The molecule has 1 aromatic heterocycles. The molecule has 1 amide bonds. The predicted molar refractivity (Wildman–Crippen MR) is 81.3 cm³/mol. The number of nitrogens with zero attached hydrogens (tertiary/aromatic N) is 3. The number of alkyl carbamates (subject to hydrolysis) is 1. The van der Waals surface area contributed by atoms with Crippen LogP contribution in [0, 0.1) is 12.8 Å².